The minimum Gasteiger partial charge on any atom is -0.548 e. The Morgan fingerprint density at radius 2 is 2.23 bits per heavy atom. The van der Waals surface area contributed by atoms with E-state index in [-0.39, 0.29) is 49.9 Å². The van der Waals surface area contributed by atoms with E-state index in [9.17, 15) is 9.90 Å². The molecule has 0 spiro atoms. The van der Waals surface area contributed by atoms with Crippen LogP contribution < -0.4 is 10.4 Å². The maximum Gasteiger partial charge on any atom is 2.00 e. The number of rotatable bonds is 6. The van der Waals surface area contributed by atoms with Crippen molar-refractivity contribution in [3.05, 3.63) is 0 Å². The molecule has 1 atom stereocenters. The number of thioether (sulfide) groups is 1. The Morgan fingerprint density at radius 3 is 2.54 bits per heavy atom. The molecule has 0 aromatic heterocycles. The van der Waals surface area contributed by atoms with Gasteiger partial charge in [-0.2, -0.15) is 11.8 Å². The molecule has 0 aliphatic heterocycles. The number of nitrogens with one attached hydrogen (secondary N) is 1. The first-order valence-electron chi connectivity index (χ1n) is 3.26. The molecule has 0 aliphatic rings. The summed E-state index contributed by atoms with van der Waals surface area (Å²) in [5.74, 6) is -0.417. The molecule has 0 aliphatic carbocycles. The zero-order valence-corrected chi connectivity index (χ0v) is 10.6. The molecule has 7 heteroatoms. The third kappa shape index (κ3) is 10.9. The summed E-state index contributed by atoms with van der Waals surface area (Å²) in [6.07, 6.45) is 2.37. The number of aliphatic carboxylic acids is 1. The monoisotopic (exact) mass is 236 g/mol. The third-order valence-corrected chi connectivity index (χ3v) is 1.88. The van der Waals surface area contributed by atoms with Crippen molar-refractivity contribution in [1.29, 1.82) is 0 Å². The van der Waals surface area contributed by atoms with Crippen LogP contribution in [0.4, 0.5) is 0 Å². The van der Waals surface area contributed by atoms with Gasteiger partial charge in [-0.3, -0.25) is 5.32 Å². The molecule has 1 unspecified atom stereocenters. The number of carboxylic acid groups (broad SMARTS) is 1. The van der Waals surface area contributed by atoms with Gasteiger partial charge in [-0.15, -0.1) is 0 Å². The minimum atomic E-state index is -1.16. The second-order valence-corrected chi connectivity index (χ2v) is 3.00. The number of carbonyl (C=O) groups is 1. The third-order valence-electron chi connectivity index (χ3n) is 1.23. The van der Waals surface area contributed by atoms with Gasteiger partial charge in [0.05, 0.1) is 12.7 Å². The fourth-order valence-corrected chi connectivity index (χ4v) is 1.12. The Bertz CT molecular complexity index is 127. The van der Waals surface area contributed by atoms with Crippen LogP contribution in [0.1, 0.15) is 6.42 Å². The van der Waals surface area contributed by atoms with E-state index in [0.29, 0.717) is 6.42 Å². The molecule has 4 N–H and O–H groups in total. The van der Waals surface area contributed by atoms with Gasteiger partial charge in [0.15, 0.2) is 0 Å². The van der Waals surface area contributed by atoms with Crippen molar-refractivity contribution >= 4 is 55.5 Å². The molecule has 0 aromatic rings. The van der Waals surface area contributed by atoms with Gasteiger partial charge < -0.3 is 20.5 Å². The van der Waals surface area contributed by atoms with Gasteiger partial charge in [0.1, 0.15) is 0 Å². The number of hydrogen-bond donors (Lipinski definition) is 2. The van der Waals surface area contributed by atoms with Crippen LogP contribution in [0.15, 0.2) is 0 Å². The first-order chi connectivity index (χ1) is 5.22. The van der Waals surface area contributed by atoms with E-state index in [1.807, 2.05) is 6.26 Å². The quantitative estimate of drug-likeness (QED) is 0.383. The minimum absolute atomic E-state index is 0. The van der Waals surface area contributed by atoms with Gasteiger partial charge in [-0.05, 0) is 18.4 Å². The molecular weight excluding hydrogens is 222 g/mol. The SMILES string of the molecule is CSCCC(NCO)C(=O)[O-].O.[Ca+2]. The van der Waals surface area contributed by atoms with E-state index >= 15 is 0 Å². The molecule has 13 heavy (non-hydrogen) atoms. The van der Waals surface area contributed by atoms with Crippen LogP contribution in [0.5, 0.6) is 0 Å². The largest absolute Gasteiger partial charge is 2.00 e. The molecule has 74 valence electrons. The summed E-state index contributed by atoms with van der Waals surface area (Å²) >= 11 is 1.56. The van der Waals surface area contributed by atoms with Gasteiger partial charge in [0.25, 0.3) is 0 Å². The summed E-state index contributed by atoms with van der Waals surface area (Å²) in [7, 11) is 0. The van der Waals surface area contributed by atoms with Crippen molar-refractivity contribution in [3.63, 3.8) is 0 Å². The standard InChI is InChI=1S/C6H13NO3S.Ca.H2O/c1-11-3-2-5(6(9)10)7-4-8;;/h5,7-8H,2-4H2,1H3,(H,9,10);;1H2/q;+2;/p-1. The van der Waals surface area contributed by atoms with Crippen molar-refractivity contribution in [3.8, 4) is 0 Å². The van der Waals surface area contributed by atoms with Crippen molar-refractivity contribution < 1.29 is 20.5 Å². The Labute approximate surface area is 112 Å². The Balaban J connectivity index is -0.000000500. The van der Waals surface area contributed by atoms with Gasteiger partial charge >= 0.3 is 37.7 Å². The molecule has 0 rings (SSSR count). The van der Waals surface area contributed by atoms with E-state index in [2.05, 4.69) is 5.32 Å². The molecule has 0 saturated carbocycles. The van der Waals surface area contributed by atoms with E-state index in [1.54, 1.807) is 11.8 Å². The summed E-state index contributed by atoms with van der Waals surface area (Å²) in [5, 5.41) is 21.1. The van der Waals surface area contributed by atoms with Crippen molar-refractivity contribution in [2.45, 2.75) is 12.5 Å². The van der Waals surface area contributed by atoms with E-state index in [1.165, 1.54) is 0 Å². The molecule has 0 saturated heterocycles. The van der Waals surface area contributed by atoms with Crippen LogP contribution in [0.3, 0.4) is 0 Å². The fraction of sp³-hybridized carbons (Fsp3) is 0.833. The van der Waals surface area contributed by atoms with E-state index in [4.69, 9.17) is 5.11 Å². The van der Waals surface area contributed by atoms with Crippen LogP contribution >= 0.6 is 11.8 Å². The number of aliphatic hydroxyl groups is 1. The predicted octanol–water partition coefficient (Wildman–Crippen LogP) is -2.81. The van der Waals surface area contributed by atoms with Gasteiger partial charge in [0.2, 0.25) is 0 Å². The summed E-state index contributed by atoms with van der Waals surface area (Å²) in [6.45, 7) is -0.326. The smallest absolute Gasteiger partial charge is 0.548 e. The van der Waals surface area contributed by atoms with Crippen LogP contribution in [0.25, 0.3) is 0 Å². The second-order valence-electron chi connectivity index (χ2n) is 2.02. The summed E-state index contributed by atoms with van der Waals surface area (Å²) in [6, 6.07) is -0.729. The molecular formula is C6H14CaNO4S+. The average Bonchev–Trinajstić information content (AvgIpc) is 1.97. The van der Waals surface area contributed by atoms with Crippen LogP contribution in [-0.4, -0.2) is 79.1 Å². The van der Waals surface area contributed by atoms with E-state index < -0.39 is 12.0 Å². The first-order valence-corrected chi connectivity index (χ1v) is 4.65. The summed E-state index contributed by atoms with van der Waals surface area (Å²) in [5.41, 5.74) is 0. The van der Waals surface area contributed by atoms with Gasteiger partial charge in [-0.25, -0.2) is 0 Å². The molecule has 5 nitrogen and oxygen atoms in total. The van der Waals surface area contributed by atoms with Gasteiger partial charge in [0, 0.05) is 6.04 Å². The summed E-state index contributed by atoms with van der Waals surface area (Å²) in [4.78, 5) is 10.3. The zero-order chi connectivity index (χ0) is 8.69. The molecule has 0 fully saturated rings. The summed E-state index contributed by atoms with van der Waals surface area (Å²) < 4.78 is 0. The molecule has 0 aromatic carbocycles. The topological polar surface area (TPSA) is 104 Å². The van der Waals surface area contributed by atoms with Crippen LogP contribution in [0.2, 0.25) is 0 Å². The first kappa shape index (κ1) is 19.5. The van der Waals surface area contributed by atoms with Crippen LogP contribution in [0, 0.1) is 0 Å². The Morgan fingerprint density at radius 1 is 1.69 bits per heavy atom. The van der Waals surface area contributed by atoms with Crippen molar-refractivity contribution in [2.24, 2.45) is 0 Å². The zero-order valence-electron chi connectivity index (χ0n) is 7.58. The van der Waals surface area contributed by atoms with Crippen molar-refractivity contribution in [2.75, 3.05) is 18.7 Å². The molecule has 0 bridgehead atoms. The maximum atomic E-state index is 10.3. The van der Waals surface area contributed by atoms with Gasteiger partial charge in [-0.1, -0.05) is 0 Å². The predicted molar refractivity (Wildman–Crippen MR) is 51.4 cm³/mol. The second kappa shape index (κ2) is 13.0. The number of hydrogen-bond acceptors (Lipinski definition) is 5. The maximum absolute atomic E-state index is 10.3. The average molecular weight is 236 g/mol. The van der Waals surface area contributed by atoms with Crippen molar-refractivity contribution in [1.82, 2.24) is 5.32 Å². The normalized spacial score (nSPS) is 10.9. The fourth-order valence-electron chi connectivity index (χ4n) is 0.649. The Kier molecular flexibility index (Phi) is 19.5. The molecule has 0 radical (unpaired) electrons. The number of carbonyl (C=O) groups excluding carboxylic acids is 1. The Hall–Kier alpha value is 0.960. The number of carboxylic acids is 1. The van der Waals surface area contributed by atoms with E-state index in [0.717, 1.165) is 5.75 Å². The number of aliphatic hydroxyl groups excluding tert-OH is 1. The van der Waals surface area contributed by atoms with Crippen LogP contribution in [-0.2, 0) is 4.79 Å². The molecule has 0 amide bonds. The molecule has 0 heterocycles.